The normalized spacial score (nSPS) is 19.0. The molecule has 0 aliphatic carbocycles. The highest BCUT2D eigenvalue weighted by Crippen LogP contribution is 2.21. The fourth-order valence-electron chi connectivity index (χ4n) is 1.81. The third-order valence-corrected chi connectivity index (χ3v) is 3.02. The molecule has 1 aliphatic rings. The maximum atomic E-state index is 10.3. The van der Waals surface area contributed by atoms with Crippen molar-refractivity contribution in [3.05, 3.63) is 17.0 Å². The average Bonchev–Trinajstić information content (AvgIpc) is 2.26. The average molecular weight is 258 g/mol. The van der Waals surface area contributed by atoms with E-state index < -0.39 is 5.60 Å². The number of ether oxygens (including phenoxy) is 1. The van der Waals surface area contributed by atoms with Gasteiger partial charge in [-0.3, -0.25) is 0 Å². The lowest BCUT2D eigenvalue weighted by molar-refractivity contribution is -0.0543. The molecule has 0 unspecified atom stereocenters. The summed E-state index contributed by atoms with van der Waals surface area (Å²) in [5.74, 6) is 0.641. The van der Waals surface area contributed by atoms with Gasteiger partial charge in [0, 0.05) is 44.4 Å². The van der Waals surface area contributed by atoms with Gasteiger partial charge in [-0.25, -0.2) is 9.97 Å². The van der Waals surface area contributed by atoms with Gasteiger partial charge < -0.3 is 15.2 Å². The van der Waals surface area contributed by atoms with Crippen LogP contribution in [-0.4, -0.2) is 40.4 Å². The van der Waals surface area contributed by atoms with Crippen LogP contribution in [0.2, 0.25) is 5.28 Å². The lowest BCUT2D eigenvalue weighted by atomic mass is 9.94. The van der Waals surface area contributed by atoms with E-state index in [1.807, 2.05) is 6.92 Å². The van der Waals surface area contributed by atoms with Gasteiger partial charge in [0.25, 0.3) is 0 Å². The van der Waals surface area contributed by atoms with E-state index in [4.69, 9.17) is 16.3 Å². The van der Waals surface area contributed by atoms with Gasteiger partial charge in [-0.1, -0.05) is 0 Å². The van der Waals surface area contributed by atoms with Crippen LogP contribution in [0.1, 0.15) is 18.5 Å². The van der Waals surface area contributed by atoms with Gasteiger partial charge in [0.2, 0.25) is 5.28 Å². The topological polar surface area (TPSA) is 67.3 Å². The zero-order chi connectivity index (χ0) is 12.3. The van der Waals surface area contributed by atoms with E-state index in [9.17, 15) is 5.11 Å². The fraction of sp³-hybridized carbons (Fsp3) is 0.636. The van der Waals surface area contributed by atoms with Gasteiger partial charge in [0.05, 0.1) is 5.60 Å². The molecule has 0 saturated carbocycles. The summed E-state index contributed by atoms with van der Waals surface area (Å²) in [6.45, 7) is 3.49. The molecule has 1 aliphatic heterocycles. The SMILES string of the molecule is Cc1cc(NCC2(O)CCOCC2)nc(Cl)n1. The van der Waals surface area contributed by atoms with Gasteiger partial charge >= 0.3 is 0 Å². The van der Waals surface area contributed by atoms with Crippen molar-refractivity contribution in [3.63, 3.8) is 0 Å². The Morgan fingerprint density at radius 2 is 2.18 bits per heavy atom. The molecule has 1 fully saturated rings. The van der Waals surface area contributed by atoms with E-state index >= 15 is 0 Å². The second-order valence-corrected chi connectivity index (χ2v) is 4.69. The highest BCUT2D eigenvalue weighted by Gasteiger charge is 2.29. The third-order valence-electron chi connectivity index (χ3n) is 2.85. The highest BCUT2D eigenvalue weighted by atomic mass is 35.5. The number of hydrogen-bond donors (Lipinski definition) is 2. The molecule has 0 spiro atoms. The van der Waals surface area contributed by atoms with Crippen LogP contribution in [0.15, 0.2) is 6.07 Å². The molecule has 6 heteroatoms. The molecule has 0 bridgehead atoms. The van der Waals surface area contributed by atoms with Crippen LogP contribution in [0, 0.1) is 6.92 Å². The number of aliphatic hydroxyl groups is 1. The minimum absolute atomic E-state index is 0.214. The molecule has 17 heavy (non-hydrogen) atoms. The number of hydrogen-bond acceptors (Lipinski definition) is 5. The smallest absolute Gasteiger partial charge is 0.224 e. The second kappa shape index (κ2) is 5.16. The van der Waals surface area contributed by atoms with Crippen LogP contribution in [0.4, 0.5) is 5.82 Å². The van der Waals surface area contributed by atoms with Crippen molar-refractivity contribution >= 4 is 17.4 Å². The first kappa shape index (κ1) is 12.5. The predicted molar refractivity (Wildman–Crippen MR) is 65.3 cm³/mol. The van der Waals surface area contributed by atoms with E-state index in [0.29, 0.717) is 38.4 Å². The molecule has 1 aromatic heterocycles. The number of halogens is 1. The maximum Gasteiger partial charge on any atom is 0.224 e. The summed E-state index contributed by atoms with van der Waals surface area (Å²) in [4.78, 5) is 8.03. The van der Waals surface area contributed by atoms with Gasteiger partial charge in [0.15, 0.2) is 0 Å². The lowest BCUT2D eigenvalue weighted by Gasteiger charge is -2.32. The first-order valence-electron chi connectivity index (χ1n) is 5.63. The molecular weight excluding hydrogens is 242 g/mol. The Balaban J connectivity index is 1.96. The number of rotatable bonds is 3. The predicted octanol–water partition coefficient (Wildman–Crippen LogP) is 1.39. The quantitative estimate of drug-likeness (QED) is 0.801. The van der Waals surface area contributed by atoms with Crippen LogP contribution >= 0.6 is 11.6 Å². The molecule has 2 N–H and O–H groups in total. The molecule has 0 aromatic carbocycles. The standard InChI is InChI=1S/C11H16ClN3O2/c1-8-6-9(15-10(12)14-8)13-7-11(16)2-4-17-5-3-11/h6,16H,2-5,7H2,1H3,(H,13,14,15). The second-order valence-electron chi connectivity index (χ2n) is 4.35. The lowest BCUT2D eigenvalue weighted by Crippen LogP contribution is -2.42. The van der Waals surface area contributed by atoms with E-state index in [1.165, 1.54) is 0 Å². The highest BCUT2D eigenvalue weighted by molar-refractivity contribution is 6.28. The monoisotopic (exact) mass is 257 g/mol. The van der Waals surface area contributed by atoms with Crippen molar-refractivity contribution in [3.8, 4) is 0 Å². The van der Waals surface area contributed by atoms with Gasteiger partial charge in [-0.15, -0.1) is 0 Å². The van der Waals surface area contributed by atoms with E-state index in [2.05, 4.69) is 15.3 Å². The summed E-state index contributed by atoms with van der Waals surface area (Å²) < 4.78 is 5.22. The van der Waals surface area contributed by atoms with Crippen molar-refractivity contribution in [2.24, 2.45) is 0 Å². The van der Waals surface area contributed by atoms with Crippen molar-refractivity contribution in [1.82, 2.24) is 9.97 Å². The Bertz CT molecular complexity index is 374. The third kappa shape index (κ3) is 3.52. The minimum atomic E-state index is -0.719. The summed E-state index contributed by atoms with van der Waals surface area (Å²) >= 11 is 5.76. The van der Waals surface area contributed by atoms with E-state index in [-0.39, 0.29) is 5.28 Å². The molecule has 2 rings (SSSR count). The molecule has 1 aromatic rings. The Hall–Kier alpha value is -0.910. The van der Waals surface area contributed by atoms with E-state index in [1.54, 1.807) is 6.07 Å². The van der Waals surface area contributed by atoms with Crippen LogP contribution in [0.5, 0.6) is 0 Å². The summed E-state index contributed by atoms with van der Waals surface area (Å²) in [6, 6.07) is 1.80. The molecule has 0 amide bonds. The van der Waals surface area contributed by atoms with Crippen molar-refractivity contribution in [2.45, 2.75) is 25.4 Å². The number of aromatic nitrogens is 2. The number of aryl methyl sites for hydroxylation is 1. The molecule has 94 valence electrons. The van der Waals surface area contributed by atoms with Crippen LogP contribution in [0.3, 0.4) is 0 Å². The van der Waals surface area contributed by atoms with E-state index in [0.717, 1.165) is 5.69 Å². The number of nitrogens with zero attached hydrogens (tertiary/aromatic N) is 2. The summed E-state index contributed by atoms with van der Waals surface area (Å²) in [5.41, 5.74) is 0.0790. The molecule has 0 atom stereocenters. The van der Waals surface area contributed by atoms with Crippen LogP contribution in [0.25, 0.3) is 0 Å². The zero-order valence-electron chi connectivity index (χ0n) is 9.74. The molecular formula is C11H16ClN3O2. The zero-order valence-corrected chi connectivity index (χ0v) is 10.5. The first-order valence-corrected chi connectivity index (χ1v) is 6.00. The number of anilines is 1. The van der Waals surface area contributed by atoms with Crippen molar-refractivity contribution in [2.75, 3.05) is 25.1 Å². The minimum Gasteiger partial charge on any atom is -0.388 e. The Morgan fingerprint density at radius 3 is 2.82 bits per heavy atom. The molecule has 1 saturated heterocycles. The Morgan fingerprint density at radius 1 is 1.47 bits per heavy atom. The van der Waals surface area contributed by atoms with Crippen LogP contribution in [-0.2, 0) is 4.74 Å². The summed E-state index contributed by atoms with van der Waals surface area (Å²) in [6.07, 6.45) is 1.27. The summed E-state index contributed by atoms with van der Waals surface area (Å²) in [7, 11) is 0. The van der Waals surface area contributed by atoms with Gasteiger partial charge in [-0.2, -0.15) is 0 Å². The first-order chi connectivity index (χ1) is 8.07. The van der Waals surface area contributed by atoms with Crippen LogP contribution < -0.4 is 5.32 Å². The largest absolute Gasteiger partial charge is 0.388 e. The number of nitrogens with one attached hydrogen (secondary N) is 1. The maximum absolute atomic E-state index is 10.3. The van der Waals surface area contributed by atoms with Gasteiger partial charge in [0.1, 0.15) is 5.82 Å². The molecule has 0 radical (unpaired) electrons. The van der Waals surface area contributed by atoms with Crippen molar-refractivity contribution < 1.29 is 9.84 Å². The Kier molecular flexibility index (Phi) is 3.81. The summed E-state index contributed by atoms with van der Waals surface area (Å²) in [5, 5.41) is 13.6. The Labute approximate surface area is 105 Å². The molecule has 5 nitrogen and oxygen atoms in total. The van der Waals surface area contributed by atoms with Gasteiger partial charge in [-0.05, 0) is 18.5 Å². The molecule has 2 heterocycles. The fourth-order valence-corrected chi connectivity index (χ4v) is 2.03. The van der Waals surface area contributed by atoms with Crippen molar-refractivity contribution in [1.29, 1.82) is 0 Å².